The first kappa shape index (κ1) is 22.8. The molecule has 0 unspecified atom stereocenters. The molecule has 2 N–H and O–H groups in total. The molecule has 4 aromatic rings. The highest BCUT2D eigenvalue weighted by atomic mass is 32.2. The quantitative estimate of drug-likeness (QED) is 0.415. The predicted octanol–water partition coefficient (Wildman–Crippen LogP) is 4.75. The van der Waals surface area contributed by atoms with Gasteiger partial charge in [0.1, 0.15) is 0 Å². The zero-order chi connectivity index (χ0) is 23.8. The molecule has 0 bridgehead atoms. The average Bonchev–Trinajstić information content (AvgIpc) is 3.09. The molecular formula is C24H23N3O4S2. The highest BCUT2D eigenvalue weighted by molar-refractivity contribution is 7.92. The first-order valence-corrected chi connectivity index (χ1v) is 12.6. The molecule has 1 heterocycles. The first-order chi connectivity index (χ1) is 15.7. The number of hydrogen-bond donors (Lipinski definition) is 2. The van der Waals surface area contributed by atoms with Gasteiger partial charge in [-0.05, 0) is 68.8 Å². The Hall–Kier alpha value is -3.43. The molecule has 33 heavy (non-hydrogen) atoms. The highest BCUT2D eigenvalue weighted by Gasteiger charge is 2.18. The highest BCUT2D eigenvalue weighted by Crippen LogP contribution is 2.25. The van der Waals surface area contributed by atoms with Crippen LogP contribution in [-0.2, 0) is 16.6 Å². The number of aryl methyl sites for hydroxylation is 2. The normalized spacial score (nSPS) is 11.5. The van der Waals surface area contributed by atoms with Gasteiger partial charge in [0.15, 0.2) is 0 Å². The summed E-state index contributed by atoms with van der Waals surface area (Å²) in [6.07, 6.45) is 0. The van der Waals surface area contributed by atoms with E-state index in [1.165, 1.54) is 0 Å². The Bertz CT molecular complexity index is 1520. The number of aromatic nitrogens is 1. The van der Waals surface area contributed by atoms with E-state index < -0.39 is 10.0 Å². The standard InChI is InChI=1S/C24H23N3O4S2/c1-4-27-21-13-10-17(14-22(21)32-24(27)29)25-23(28)19-6-5-7-20(16(19)3)26-33(30,31)18-11-8-15(2)9-12-18/h5-14,26H,4H2,1-3H3,(H,25,28). The molecule has 0 fully saturated rings. The molecule has 9 heteroatoms. The third-order valence-electron chi connectivity index (χ3n) is 5.40. The van der Waals surface area contributed by atoms with Crippen molar-refractivity contribution in [3.05, 3.63) is 87.0 Å². The van der Waals surface area contributed by atoms with Crippen molar-refractivity contribution >= 4 is 48.9 Å². The van der Waals surface area contributed by atoms with E-state index >= 15 is 0 Å². The Labute approximate surface area is 195 Å². The minimum absolute atomic E-state index is 0.0413. The van der Waals surface area contributed by atoms with Crippen molar-refractivity contribution < 1.29 is 13.2 Å². The fourth-order valence-corrected chi connectivity index (χ4v) is 5.67. The molecule has 1 amide bonds. The second-order valence-electron chi connectivity index (χ2n) is 7.65. The maximum Gasteiger partial charge on any atom is 0.308 e. The smallest absolute Gasteiger partial charge is 0.308 e. The number of carbonyl (C=O) groups is 1. The van der Waals surface area contributed by atoms with E-state index in [-0.39, 0.29) is 15.7 Å². The van der Waals surface area contributed by atoms with Crippen LogP contribution < -0.4 is 14.9 Å². The summed E-state index contributed by atoms with van der Waals surface area (Å²) in [5.41, 5.74) is 3.53. The average molecular weight is 482 g/mol. The van der Waals surface area contributed by atoms with Crippen LogP contribution >= 0.6 is 11.3 Å². The number of benzene rings is 3. The van der Waals surface area contributed by atoms with E-state index in [2.05, 4.69) is 10.0 Å². The van der Waals surface area contributed by atoms with Crippen molar-refractivity contribution in [2.45, 2.75) is 32.2 Å². The minimum Gasteiger partial charge on any atom is -0.322 e. The SMILES string of the molecule is CCn1c(=O)sc2cc(NC(=O)c3cccc(NS(=O)(=O)c4ccc(C)cc4)c3C)ccc21. The molecule has 0 aliphatic rings. The Balaban J connectivity index is 1.59. The van der Waals surface area contributed by atoms with Crippen LogP contribution in [0.4, 0.5) is 11.4 Å². The lowest BCUT2D eigenvalue weighted by molar-refractivity contribution is 0.102. The lowest BCUT2D eigenvalue weighted by atomic mass is 10.1. The van der Waals surface area contributed by atoms with Crippen molar-refractivity contribution in [2.75, 3.05) is 10.0 Å². The summed E-state index contributed by atoms with van der Waals surface area (Å²) in [7, 11) is -3.79. The number of amides is 1. The number of carbonyl (C=O) groups excluding carboxylic acids is 1. The van der Waals surface area contributed by atoms with Crippen LogP contribution in [0.1, 0.15) is 28.4 Å². The van der Waals surface area contributed by atoms with E-state index in [1.807, 2.05) is 19.9 Å². The van der Waals surface area contributed by atoms with Gasteiger partial charge in [-0.25, -0.2) is 8.42 Å². The van der Waals surface area contributed by atoms with Gasteiger partial charge in [0.05, 0.1) is 20.8 Å². The van der Waals surface area contributed by atoms with Gasteiger partial charge < -0.3 is 5.32 Å². The second-order valence-corrected chi connectivity index (χ2v) is 10.3. The molecule has 0 spiro atoms. The topological polar surface area (TPSA) is 97.3 Å². The molecular weight excluding hydrogens is 458 g/mol. The van der Waals surface area contributed by atoms with Gasteiger partial charge >= 0.3 is 4.87 Å². The number of anilines is 2. The monoisotopic (exact) mass is 481 g/mol. The van der Waals surface area contributed by atoms with E-state index in [4.69, 9.17) is 0 Å². The van der Waals surface area contributed by atoms with Crippen LogP contribution in [0.3, 0.4) is 0 Å². The zero-order valence-electron chi connectivity index (χ0n) is 18.4. The van der Waals surface area contributed by atoms with Gasteiger partial charge in [-0.3, -0.25) is 18.9 Å². The van der Waals surface area contributed by atoms with Crippen LogP contribution in [0, 0.1) is 13.8 Å². The lowest BCUT2D eigenvalue weighted by Gasteiger charge is -2.14. The number of thiazole rings is 1. The number of hydrogen-bond acceptors (Lipinski definition) is 5. The van der Waals surface area contributed by atoms with Crippen molar-refractivity contribution in [3.8, 4) is 0 Å². The van der Waals surface area contributed by atoms with Crippen molar-refractivity contribution in [2.24, 2.45) is 0 Å². The van der Waals surface area contributed by atoms with Crippen LogP contribution in [0.5, 0.6) is 0 Å². The third-order valence-corrected chi connectivity index (χ3v) is 7.72. The van der Waals surface area contributed by atoms with E-state index in [1.54, 1.807) is 66.1 Å². The summed E-state index contributed by atoms with van der Waals surface area (Å²) in [5, 5.41) is 2.85. The molecule has 1 aromatic heterocycles. The molecule has 0 aliphatic heterocycles. The van der Waals surface area contributed by atoms with Crippen LogP contribution in [-0.4, -0.2) is 18.9 Å². The maximum absolute atomic E-state index is 13.0. The summed E-state index contributed by atoms with van der Waals surface area (Å²) in [4.78, 5) is 25.2. The summed E-state index contributed by atoms with van der Waals surface area (Å²) in [6, 6.07) is 16.8. The van der Waals surface area contributed by atoms with Crippen LogP contribution in [0.15, 0.2) is 70.4 Å². The van der Waals surface area contributed by atoms with Gasteiger partial charge in [-0.2, -0.15) is 0 Å². The molecule has 0 saturated carbocycles. The Morgan fingerprint density at radius 3 is 2.45 bits per heavy atom. The Kier molecular flexibility index (Phi) is 6.09. The van der Waals surface area contributed by atoms with Gasteiger partial charge in [0.2, 0.25) is 0 Å². The molecule has 0 saturated heterocycles. The predicted molar refractivity (Wildman–Crippen MR) is 133 cm³/mol. The fraction of sp³-hybridized carbons (Fsp3) is 0.167. The molecule has 7 nitrogen and oxygen atoms in total. The number of fused-ring (bicyclic) bond motifs is 1. The summed E-state index contributed by atoms with van der Waals surface area (Å²) in [5.74, 6) is -0.370. The number of rotatable bonds is 6. The number of nitrogens with zero attached hydrogens (tertiary/aromatic N) is 1. The van der Waals surface area contributed by atoms with E-state index in [0.717, 1.165) is 27.1 Å². The Morgan fingerprint density at radius 2 is 1.76 bits per heavy atom. The summed E-state index contributed by atoms with van der Waals surface area (Å²) < 4.78 is 30.6. The van der Waals surface area contributed by atoms with Gasteiger partial charge in [-0.15, -0.1) is 0 Å². The van der Waals surface area contributed by atoms with Crippen molar-refractivity contribution in [1.82, 2.24) is 4.57 Å². The first-order valence-electron chi connectivity index (χ1n) is 10.3. The number of sulfonamides is 1. The summed E-state index contributed by atoms with van der Waals surface area (Å²) in [6.45, 7) is 6.06. The van der Waals surface area contributed by atoms with Crippen LogP contribution in [0.25, 0.3) is 10.2 Å². The van der Waals surface area contributed by atoms with Crippen LogP contribution in [0.2, 0.25) is 0 Å². The lowest BCUT2D eigenvalue weighted by Crippen LogP contribution is -2.17. The molecule has 0 aliphatic carbocycles. The maximum atomic E-state index is 13.0. The zero-order valence-corrected chi connectivity index (χ0v) is 20.0. The fourth-order valence-electron chi connectivity index (χ4n) is 3.56. The van der Waals surface area contributed by atoms with E-state index in [9.17, 15) is 18.0 Å². The van der Waals surface area contributed by atoms with Gasteiger partial charge in [0, 0.05) is 17.8 Å². The molecule has 4 rings (SSSR count). The van der Waals surface area contributed by atoms with Crippen molar-refractivity contribution in [3.63, 3.8) is 0 Å². The van der Waals surface area contributed by atoms with Crippen molar-refractivity contribution in [1.29, 1.82) is 0 Å². The Morgan fingerprint density at radius 1 is 1.03 bits per heavy atom. The van der Waals surface area contributed by atoms with Gasteiger partial charge in [-0.1, -0.05) is 35.1 Å². The summed E-state index contributed by atoms with van der Waals surface area (Å²) >= 11 is 1.13. The molecule has 0 radical (unpaired) electrons. The third kappa shape index (κ3) is 4.55. The van der Waals surface area contributed by atoms with E-state index in [0.29, 0.717) is 29.0 Å². The largest absolute Gasteiger partial charge is 0.322 e. The molecule has 170 valence electrons. The minimum atomic E-state index is -3.79. The molecule has 3 aromatic carbocycles. The number of nitrogens with one attached hydrogen (secondary N) is 2. The van der Waals surface area contributed by atoms with Gasteiger partial charge in [0.25, 0.3) is 15.9 Å². The molecule has 0 atom stereocenters. The second kappa shape index (κ2) is 8.84.